The van der Waals surface area contributed by atoms with E-state index in [1.807, 2.05) is 0 Å². The van der Waals surface area contributed by atoms with Gasteiger partial charge in [0.15, 0.2) is 5.78 Å². The number of hydrogen-bond acceptors (Lipinski definition) is 4. The fourth-order valence-corrected chi connectivity index (χ4v) is 1.39. The number of benzene rings is 1. The van der Waals surface area contributed by atoms with Crippen LogP contribution in [0.1, 0.15) is 29.8 Å². The lowest BCUT2D eigenvalue weighted by molar-refractivity contribution is -0.131. The zero-order valence-corrected chi connectivity index (χ0v) is 8.83. The Kier molecular flexibility index (Phi) is 3.09. The lowest BCUT2D eigenvalue weighted by Gasteiger charge is -2.10. The molecular weight excluding hydrogens is 196 g/mol. The predicted molar refractivity (Wildman–Crippen MR) is 54.2 cm³/mol. The summed E-state index contributed by atoms with van der Waals surface area (Å²) in [6.45, 7) is 4.24. The number of phenolic OH excluding ortho intramolecular Hbond substituents is 1. The van der Waals surface area contributed by atoms with Gasteiger partial charge in [-0.05, 0) is 26.0 Å². The number of carbonyl (C=O) groups is 2. The molecule has 0 radical (unpaired) electrons. The van der Waals surface area contributed by atoms with Gasteiger partial charge >= 0.3 is 5.97 Å². The molecule has 4 heteroatoms. The Morgan fingerprint density at radius 2 is 1.87 bits per heavy atom. The molecule has 0 aliphatic rings. The molecule has 0 aliphatic heterocycles. The molecule has 0 fully saturated rings. The Hall–Kier alpha value is -1.84. The summed E-state index contributed by atoms with van der Waals surface area (Å²) >= 11 is 0. The average molecular weight is 208 g/mol. The number of rotatable bonds is 2. The number of hydrogen-bond donors (Lipinski definition) is 1. The molecule has 0 saturated heterocycles. The minimum Gasteiger partial charge on any atom is -0.507 e. The van der Waals surface area contributed by atoms with Crippen LogP contribution in [-0.2, 0) is 4.79 Å². The number of phenols is 1. The Morgan fingerprint density at radius 1 is 1.27 bits per heavy atom. The van der Waals surface area contributed by atoms with Crippen LogP contribution in [-0.4, -0.2) is 16.9 Å². The summed E-state index contributed by atoms with van der Waals surface area (Å²) in [5.41, 5.74) is 0.659. The van der Waals surface area contributed by atoms with E-state index >= 15 is 0 Å². The summed E-state index contributed by atoms with van der Waals surface area (Å²) in [6.07, 6.45) is 0. The van der Waals surface area contributed by atoms with Crippen LogP contribution in [0.15, 0.2) is 12.1 Å². The van der Waals surface area contributed by atoms with E-state index in [9.17, 15) is 14.7 Å². The first kappa shape index (κ1) is 11.2. The van der Waals surface area contributed by atoms with E-state index < -0.39 is 5.97 Å². The number of ether oxygens (including phenoxy) is 1. The predicted octanol–water partition coefficient (Wildman–Crippen LogP) is 1.83. The van der Waals surface area contributed by atoms with Gasteiger partial charge in [-0.25, -0.2) is 0 Å². The molecule has 0 aliphatic carbocycles. The van der Waals surface area contributed by atoms with Crippen molar-refractivity contribution in [2.45, 2.75) is 20.8 Å². The smallest absolute Gasteiger partial charge is 0.308 e. The molecule has 4 nitrogen and oxygen atoms in total. The summed E-state index contributed by atoms with van der Waals surface area (Å²) < 4.78 is 4.89. The monoisotopic (exact) mass is 208 g/mol. The van der Waals surface area contributed by atoms with Crippen LogP contribution >= 0.6 is 0 Å². The Morgan fingerprint density at radius 3 is 2.33 bits per heavy atom. The second kappa shape index (κ2) is 4.13. The first-order valence-corrected chi connectivity index (χ1v) is 4.45. The fraction of sp³-hybridized carbons (Fsp3) is 0.273. The summed E-state index contributed by atoms with van der Waals surface area (Å²) in [6, 6.07) is 2.79. The molecule has 1 N–H and O–H groups in total. The minimum atomic E-state index is -0.460. The van der Waals surface area contributed by atoms with Gasteiger partial charge in [-0.2, -0.15) is 0 Å². The molecule has 0 amide bonds. The molecule has 0 aromatic heterocycles. The molecular formula is C11H12O4. The van der Waals surface area contributed by atoms with Gasteiger partial charge in [0.05, 0.1) is 5.56 Å². The number of aromatic hydroxyl groups is 1. The largest absolute Gasteiger partial charge is 0.507 e. The molecule has 15 heavy (non-hydrogen) atoms. The lowest BCUT2D eigenvalue weighted by atomic mass is 10.0. The van der Waals surface area contributed by atoms with E-state index in [-0.39, 0.29) is 17.1 Å². The summed E-state index contributed by atoms with van der Waals surface area (Å²) in [5, 5.41) is 9.46. The molecule has 1 aromatic carbocycles. The maximum atomic E-state index is 11.2. The standard InChI is InChI=1S/C11H12O4/c1-6-10(15-8(3)13)5-4-9(14)11(6)7(2)12/h4-5,14H,1-3H3. The first-order chi connectivity index (χ1) is 6.93. The Balaban J connectivity index is 3.28. The van der Waals surface area contributed by atoms with Crippen LogP contribution in [0.3, 0.4) is 0 Å². The normalized spacial score (nSPS) is 9.80. The minimum absolute atomic E-state index is 0.101. The van der Waals surface area contributed by atoms with Crippen LogP contribution in [0.25, 0.3) is 0 Å². The van der Waals surface area contributed by atoms with Gasteiger partial charge in [0.1, 0.15) is 11.5 Å². The van der Waals surface area contributed by atoms with Gasteiger partial charge in [0.25, 0.3) is 0 Å². The lowest BCUT2D eigenvalue weighted by Crippen LogP contribution is -2.05. The van der Waals surface area contributed by atoms with Crippen LogP contribution in [0.2, 0.25) is 0 Å². The molecule has 0 heterocycles. The number of Topliss-reactive ketones (excluding diaryl/α,β-unsaturated/α-hetero) is 1. The van der Waals surface area contributed by atoms with E-state index in [1.54, 1.807) is 6.92 Å². The van der Waals surface area contributed by atoms with Gasteiger partial charge < -0.3 is 9.84 Å². The second-order valence-electron chi connectivity index (χ2n) is 3.23. The van der Waals surface area contributed by atoms with Crippen molar-refractivity contribution in [2.24, 2.45) is 0 Å². The molecule has 0 spiro atoms. The highest BCUT2D eigenvalue weighted by Crippen LogP contribution is 2.29. The van der Waals surface area contributed by atoms with Gasteiger partial charge in [-0.15, -0.1) is 0 Å². The maximum Gasteiger partial charge on any atom is 0.308 e. The zero-order valence-electron chi connectivity index (χ0n) is 8.83. The number of esters is 1. The Bertz CT molecular complexity index is 421. The molecule has 0 atom stereocenters. The average Bonchev–Trinajstić information content (AvgIpc) is 2.09. The van der Waals surface area contributed by atoms with Crippen LogP contribution < -0.4 is 4.74 Å². The summed E-state index contributed by atoms with van der Waals surface area (Å²) in [7, 11) is 0. The van der Waals surface area contributed by atoms with E-state index in [2.05, 4.69) is 0 Å². The van der Waals surface area contributed by atoms with Crippen LogP contribution in [0.4, 0.5) is 0 Å². The van der Waals surface area contributed by atoms with Crippen molar-refractivity contribution in [1.82, 2.24) is 0 Å². The van der Waals surface area contributed by atoms with Crippen molar-refractivity contribution < 1.29 is 19.4 Å². The van der Waals surface area contributed by atoms with Crippen molar-refractivity contribution in [3.63, 3.8) is 0 Å². The highest BCUT2D eigenvalue weighted by atomic mass is 16.5. The van der Waals surface area contributed by atoms with Crippen molar-refractivity contribution in [1.29, 1.82) is 0 Å². The highest BCUT2D eigenvalue weighted by Gasteiger charge is 2.14. The fourth-order valence-electron chi connectivity index (χ4n) is 1.39. The van der Waals surface area contributed by atoms with Gasteiger partial charge in [0.2, 0.25) is 0 Å². The van der Waals surface area contributed by atoms with Crippen LogP contribution in [0.5, 0.6) is 11.5 Å². The molecule has 80 valence electrons. The summed E-state index contributed by atoms with van der Waals surface area (Å²) in [4.78, 5) is 22.0. The molecule has 0 unspecified atom stereocenters. The first-order valence-electron chi connectivity index (χ1n) is 4.45. The molecule has 0 bridgehead atoms. The number of carbonyl (C=O) groups excluding carboxylic acids is 2. The van der Waals surface area contributed by atoms with Gasteiger partial charge in [0, 0.05) is 12.5 Å². The molecule has 1 aromatic rings. The number of ketones is 1. The van der Waals surface area contributed by atoms with E-state index in [0.29, 0.717) is 11.3 Å². The van der Waals surface area contributed by atoms with E-state index in [4.69, 9.17) is 4.74 Å². The van der Waals surface area contributed by atoms with Gasteiger partial charge in [-0.1, -0.05) is 0 Å². The maximum absolute atomic E-state index is 11.2. The van der Waals surface area contributed by atoms with Crippen molar-refractivity contribution in [3.05, 3.63) is 23.3 Å². The third-order valence-corrected chi connectivity index (χ3v) is 2.00. The molecule has 1 rings (SSSR count). The van der Waals surface area contributed by atoms with E-state index in [0.717, 1.165) is 0 Å². The molecule has 0 saturated carbocycles. The van der Waals surface area contributed by atoms with Crippen LogP contribution in [0, 0.1) is 6.92 Å². The SMILES string of the molecule is CC(=O)Oc1ccc(O)c(C(C)=O)c1C. The van der Waals surface area contributed by atoms with Crippen molar-refractivity contribution in [2.75, 3.05) is 0 Å². The van der Waals surface area contributed by atoms with Crippen molar-refractivity contribution >= 4 is 11.8 Å². The third kappa shape index (κ3) is 2.34. The summed E-state index contributed by atoms with van der Waals surface area (Å²) in [5.74, 6) is -0.529. The quantitative estimate of drug-likeness (QED) is 0.457. The highest BCUT2D eigenvalue weighted by molar-refractivity contribution is 5.99. The van der Waals surface area contributed by atoms with E-state index in [1.165, 1.54) is 26.0 Å². The van der Waals surface area contributed by atoms with Crippen molar-refractivity contribution in [3.8, 4) is 11.5 Å². The topological polar surface area (TPSA) is 63.6 Å². The second-order valence-corrected chi connectivity index (χ2v) is 3.23. The zero-order chi connectivity index (χ0) is 11.6. The third-order valence-electron chi connectivity index (χ3n) is 2.00. The van der Waals surface area contributed by atoms with Gasteiger partial charge in [-0.3, -0.25) is 9.59 Å². The Labute approximate surface area is 87.5 Å².